The van der Waals surface area contributed by atoms with E-state index in [9.17, 15) is 4.79 Å². The van der Waals surface area contributed by atoms with Crippen molar-refractivity contribution in [1.29, 1.82) is 0 Å². The molecule has 2 aliphatic rings. The van der Waals surface area contributed by atoms with Gasteiger partial charge in [0.1, 0.15) is 0 Å². The minimum absolute atomic E-state index is 0.0135. The van der Waals surface area contributed by atoms with Gasteiger partial charge in [0.2, 0.25) is 5.91 Å². The number of hydrogen-bond donors (Lipinski definition) is 1. The smallest absolute Gasteiger partial charge is 0.222 e. The maximum Gasteiger partial charge on any atom is 0.222 e. The quantitative estimate of drug-likeness (QED) is 0.699. The number of rotatable bonds is 5. The van der Waals surface area contributed by atoms with E-state index in [1.54, 1.807) is 0 Å². The Balaban J connectivity index is 1.67. The average Bonchev–Trinajstić information content (AvgIpc) is 2.96. The second-order valence-electron chi connectivity index (χ2n) is 5.21. The van der Waals surface area contributed by atoms with Crippen molar-refractivity contribution in [1.82, 2.24) is 4.90 Å². The van der Waals surface area contributed by atoms with Gasteiger partial charge < -0.3 is 10.6 Å². The summed E-state index contributed by atoms with van der Waals surface area (Å²) in [6.45, 7) is 3.78. The monoisotopic (exact) mass is 210 g/mol. The minimum atomic E-state index is -0.0135. The number of likely N-dealkylation sites (tertiary alicyclic amines) is 1. The third-order valence-corrected chi connectivity index (χ3v) is 3.71. The molecule has 3 heteroatoms. The molecule has 1 amide bonds. The zero-order valence-corrected chi connectivity index (χ0v) is 9.67. The summed E-state index contributed by atoms with van der Waals surface area (Å²) in [5.74, 6) is 1.02. The lowest BCUT2D eigenvalue weighted by atomic mass is 9.85. The van der Waals surface area contributed by atoms with Gasteiger partial charge in [-0.3, -0.25) is 4.79 Å². The number of amides is 1. The fraction of sp³-hybridized carbons (Fsp3) is 0.917. The second kappa shape index (κ2) is 4.12. The molecule has 0 aromatic carbocycles. The molecule has 86 valence electrons. The summed E-state index contributed by atoms with van der Waals surface area (Å²) in [6, 6.07) is 0. The normalized spacial score (nSPS) is 23.7. The number of nitrogens with zero attached hydrogens (tertiary/aromatic N) is 1. The largest absolute Gasteiger partial charge is 0.339 e. The van der Waals surface area contributed by atoms with Gasteiger partial charge in [0.05, 0.1) is 5.54 Å². The third kappa shape index (κ3) is 2.33. The maximum atomic E-state index is 11.7. The molecule has 2 rings (SSSR count). The van der Waals surface area contributed by atoms with Crippen LogP contribution in [0.25, 0.3) is 0 Å². The fourth-order valence-corrected chi connectivity index (χ4v) is 2.44. The predicted molar refractivity (Wildman–Crippen MR) is 60.4 cm³/mol. The third-order valence-electron chi connectivity index (χ3n) is 3.71. The molecule has 0 radical (unpaired) electrons. The van der Waals surface area contributed by atoms with Crippen molar-refractivity contribution in [3.8, 4) is 0 Å². The number of hydrogen-bond acceptors (Lipinski definition) is 2. The van der Waals surface area contributed by atoms with E-state index in [4.69, 9.17) is 5.73 Å². The molecule has 1 heterocycles. The Morgan fingerprint density at radius 1 is 1.40 bits per heavy atom. The molecule has 0 atom stereocenters. The standard InChI is InChI=1S/C12H22N2O/c1-2-3-4-5-11(15)14-8-12(13,9-14)10-6-7-10/h10H,2-9,13H2,1H3. The maximum absolute atomic E-state index is 11.7. The van der Waals surface area contributed by atoms with Gasteiger partial charge in [-0.1, -0.05) is 19.8 Å². The molecule has 0 spiro atoms. The van der Waals surface area contributed by atoms with Crippen LogP contribution in [0.5, 0.6) is 0 Å². The molecule has 15 heavy (non-hydrogen) atoms. The highest BCUT2D eigenvalue weighted by atomic mass is 16.2. The predicted octanol–water partition coefficient (Wildman–Crippen LogP) is 1.52. The summed E-state index contributed by atoms with van der Waals surface area (Å²) < 4.78 is 0. The topological polar surface area (TPSA) is 46.3 Å². The van der Waals surface area contributed by atoms with E-state index in [2.05, 4.69) is 6.92 Å². The number of unbranched alkanes of at least 4 members (excludes halogenated alkanes) is 2. The average molecular weight is 210 g/mol. The van der Waals surface area contributed by atoms with Crippen molar-refractivity contribution in [2.24, 2.45) is 11.7 Å². The summed E-state index contributed by atoms with van der Waals surface area (Å²) in [6.07, 6.45) is 6.64. The highest BCUT2D eigenvalue weighted by Crippen LogP contribution is 2.43. The summed E-state index contributed by atoms with van der Waals surface area (Å²) in [5, 5.41) is 0. The highest BCUT2D eigenvalue weighted by Gasteiger charge is 2.51. The first-order chi connectivity index (χ1) is 7.15. The van der Waals surface area contributed by atoms with Crippen LogP contribution >= 0.6 is 0 Å². The van der Waals surface area contributed by atoms with Crippen LogP contribution in [0.15, 0.2) is 0 Å². The van der Waals surface area contributed by atoms with Crippen LogP contribution in [0, 0.1) is 5.92 Å². The van der Waals surface area contributed by atoms with Crippen molar-refractivity contribution in [3.05, 3.63) is 0 Å². The molecule has 0 unspecified atom stereocenters. The van der Waals surface area contributed by atoms with E-state index in [-0.39, 0.29) is 5.54 Å². The van der Waals surface area contributed by atoms with Gasteiger partial charge in [0.15, 0.2) is 0 Å². The molecule has 2 N–H and O–H groups in total. The molecule has 1 aliphatic carbocycles. The second-order valence-corrected chi connectivity index (χ2v) is 5.21. The summed E-state index contributed by atoms with van der Waals surface area (Å²) in [5.41, 5.74) is 6.18. The first kappa shape index (κ1) is 10.9. The van der Waals surface area contributed by atoms with Crippen LogP contribution in [-0.4, -0.2) is 29.4 Å². The Morgan fingerprint density at radius 2 is 2.07 bits per heavy atom. The molecular formula is C12H22N2O. The highest BCUT2D eigenvalue weighted by molar-refractivity contribution is 5.77. The zero-order chi connectivity index (χ0) is 10.9. The fourth-order valence-electron chi connectivity index (χ4n) is 2.44. The molecule has 0 bridgehead atoms. The molecule has 1 saturated carbocycles. The van der Waals surface area contributed by atoms with Crippen molar-refractivity contribution < 1.29 is 4.79 Å². The molecule has 1 saturated heterocycles. The minimum Gasteiger partial charge on any atom is -0.339 e. The van der Waals surface area contributed by atoms with E-state index in [1.165, 1.54) is 19.3 Å². The SMILES string of the molecule is CCCCCC(=O)N1CC(N)(C2CC2)C1. The van der Waals surface area contributed by atoms with Gasteiger partial charge in [-0.25, -0.2) is 0 Å². The number of carbonyl (C=O) groups excluding carboxylic acids is 1. The van der Waals surface area contributed by atoms with Gasteiger partial charge in [-0.2, -0.15) is 0 Å². The van der Waals surface area contributed by atoms with Crippen LogP contribution in [0.2, 0.25) is 0 Å². The van der Waals surface area contributed by atoms with Crippen LogP contribution < -0.4 is 5.73 Å². The van der Waals surface area contributed by atoms with Crippen LogP contribution in [0.3, 0.4) is 0 Å². The Bertz CT molecular complexity index is 242. The molecule has 0 aromatic rings. The Kier molecular flexibility index (Phi) is 3.01. The van der Waals surface area contributed by atoms with Crippen LogP contribution in [-0.2, 0) is 4.79 Å². The van der Waals surface area contributed by atoms with Gasteiger partial charge in [0.25, 0.3) is 0 Å². The van der Waals surface area contributed by atoms with Gasteiger partial charge >= 0.3 is 0 Å². The van der Waals surface area contributed by atoms with E-state index in [0.29, 0.717) is 18.2 Å². The van der Waals surface area contributed by atoms with Crippen molar-refractivity contribution >= 4 is 5.91 Å². The Hall–Kier alpha value is -0.570. The summed E-state index contributed by atoms with van der Waals surface area (Å²) >= 11 is 0. The van der Waals surface area contributed by atoms with E-state index >= 15 is 0 Å². The van der Waals surface area contributed by atoms with Gasteiger partial charge in [-0.05, 0) is 25.2 Å². The van der Waals surface area contributed by atoms with Crippen molar-refractivity contribution in [3.63, 3.8) is 0 Å². The lowest BCUT2D eigenvalue weighted by Crippen LogP contribution is -2.69. The van der Waals surface area contributed by atoms with Crippen molar-refractivity contribution in [2.45, 2.75) is 51.0 Å². The summed E-state index contributed by atoms with van der Waals surface area (Å²) in [7, 11) is 0. The molecule has 2 fully saturated rings. The lowest BCUT2D eigenvalue weighted by molar-refractivity contribution is -0.139. The van der Waals surface area contributed by atoms with E-state index in [1.807, 2.05) is 4.90 Å². The van der Waals surface area contributed by atoms with Crippen LogP contribution in [0.1, 0.15) is 45.4 Å². The number of nitrogens with two attached hydrogens (primary N) is 1. The molecule has 1 aliphatic heterocycles. The summed E-state index contributed by atoms with van der Waals surface area (Å²) in [4.78, 5) is 13.6. The molecule has 0 aromatic heterocycles. The van der Waals surface area contributed by atoms with Crippen molar-refractivity contribution in [2.75, 3.05) is 13.1 Å². The van der Waals surface area contributed by atoms with Crippen LogP contribution in [0.4, 0.5) is 0 Å². The number of carbonyl (C=O) groups is 1. The van der Waals surface area contributed by atoms with Gasteiger partial charge in [0, 0.05) is 19.5 Å². The van der Waals surface area contributed by atoms with Gasteiger partial charge in [-0.15, -0.1) is 0 Å². The first-order valence-corrected chi connectivity index (χ1v) is 6.22. The lowest BCUT2D eigenvalue weighted by Gasteiger charge is -2.48. The first-order valence-electron chi connectivity index (χ1n) is 6.22. The Labute approximate surface area is 92.0 Å². The molecular weight excluding hydrogens is 188 g/mol. The van der Waals surface area contributed by atoms with E-state index < -0.39 is 0 Å². The Morgan fingerprint density at radius 3 is 2.60 bits per heavy atom. The van der Waals surface area contributed by atoms with E-state index in [0.717, 1.165) is 25.9 Å². The molecule has 3 nitrogen and oxygen atoms in total. The zero-order valence-electron chi connectivity index (χ0n) is 9.67.